The lowest BCUT2D eigenvalue weighted by Gasteiger charge is -2.41. The highest BCUT2D eigenvalue weighted by Crippen LogP contribution is 2.36. The van der Waals surface area contributed by atoms with E-state index in [9.17, 15) is 18.0 Å². The molecule has 1 amide bonds. The quantitative estimate of drug-likeness (QED) is 0.833. The van der Waals surface area contributed by atoms with Crippen molar-refractivity contribution < 1.29 is 18.0 Å². The van der Waals surface area contributed by atoms with Gasteiger partial charge in [-0.15, -0.1) is 0 Å². The van der Waals surface area contributed by atoms with Crippen LogP contribution in [0.3, 0.4) is 0 Å². The highest BCUT2D eigenvalue weighted by Gasteiger charge is 2.51. The zero-order valence-electron chi connectivity index (χ0n) is 13.8. The summed E-state index contributed by atoms with van der Waals surface area (Å²) in [5.41, 5.74) is 3.82. The van der Waals surface area contributed by atoms with E-state index in [2.05, 4.69) is 5.10 Å². The van der Waals surface area contributed by atoms with E-state index in [4.69, 9.17) is 0 Å². The lowest BCUT2D eigenvalue weighted by atomic mass is 10.0. The maximum atomic E-state index is 13.0. The summed E-state index contributed by atoms with van der Waals surface area (Å²) in [5, 5.41) is 4.44. The van der Waals surface area contributed by atoms with Crippen LogP contribution in [0.25, 0.3) is 5.69 Å². The molecule has 0 radical (unpaired) electrons. The Morgan fingerprint density at radius 3 is 2.64 bits per heavy atom. The summed E-state index contributed by atoms with van der Waals surface area (Å²) in [7, 11) is 0. The van der Waals surface area contributed by atoms with E-state index in [1.54, 1.807) is 4.68 Å². The van der Waals surface area contributed by atoms with Crippen molar-refractivity contribution in [1.29, 1.82) is 0 Å². The molecule has 0 N–H and O–H groups in total. The third-order valence-electron chi connectivity index (χ3n) is 5.13. The van der Waals surface area contributed by atoms with Gasteiger partial charge in [0.15, 0.2) is 5.69 Å². The van der Waals surface area contributed by atoms with Crippen LogP contribution < -0.4 is 0 Å². The fraction of sp³-hybridized carbons (Fsp3) is 0.444. The highest BCUT2D eigenvalue weighted by atomic mass is 19.4. The van der Waals surface area contributed by atoms with Gasteiger partial charge in [0.2, 0.25) is 0 Å². The van der Waals surface area contributed by atoms with Gasteiger partial charge >= 0.3 is 6.18 Å². The molecule has 2 aliphatic rings. The van der Waals surface area contributed by atoms with Crippen LogP contribution in [0.2, 0.25) is 0 Å². The third kappa shape index (κ3) is 2.53. The Hall–Kier alpha value is -2.31. The molecule has 1 fully saturated rings. The topological polar surface area (TPSA) is 38.1 Å². The van der Waals surface area contributed by atoms with E-state index in [0.717, 1.165) is 40.2 Å². The standard InChI is InChI=1S/C18H18F3N3O/c1-11-5-2-3-7-13(11)24-14-8-4-6-12(14)16(22-24)17(25)23-10-9-15(23)18(19,20)21/h2-3,5,7,15H,4,6,8-10H2,1H3/t15-/m0/s1. The lowest BCUT2D eigenvalue weighted by Crippen LogP contribution is -2.58. The number of hydrogen-bond acceptors (Lipinski definition) is 2. The molecule has 1 aliphatic carbocycles. The summed E-state index contributed by atoms with van der Waals surface area (Å²) < 4.78 is 40.8. The smallest absolute Gasteiger partial charge is 0.325 e. The van der Waals surface area contributed by atoms with Crippen LogP contribution in [-0.2, 0) is 12.8 Å². The fourth-order valence-corrected chi connectivity index (χ4v) is 3.72. The first-order valence-electron chi connectivity index (χ1n) is 8.42. The zero-order valence-corrected chi connectivity index (χ0v) is 13.8. The summed E-state index contributed by atoms with van der Waals surface area (Å²) in [6.45, 7) is 2.09. The predicted octanol–water partition coefficient (Wildman–Crippen LogP) is 3.45. The van der Waals surface area contributed by atoms with Crippen LogP contribution in [0.5, 0.6) is 0 Å². The SMILES string of the molecule is Cc1ccccc1-n1nc(C(=O)N2CC[C@H]2C(F)(F)F)c2c1CCC2. The Morgan fingerprint density at radius 2 is 2.00 bits per heavy atom. The molecule has 1 aromatic heterocycles. The number of benzene rings is 1. The van der Waals surface area contributed by atoms with Gasteiger partial charge in [-0.3, -0.25) is 4.79 Å². The van der Waals surface area contributed by atoms with Crippen molar-refractivity contribution >= 4 is 5.91 Å². The van der Waals surface area contributed by atoms with Crippen LogP contribution >= 0.6 is 0 Å². The van der Waals surface area contributed by atoms with Gasteiger partial charge in [0.05, 0.1) is 5.69 Å². The number of aryl methyl sites for hydroxylation is 1. The molecule has 2 heterocycles. The number of hydrogen-bond donors (Lipinski definition) is 0. The number of carbonyl (C=O) groups excluding carboxylic acids is 1. The van der Waals surface area contributed by atoms with Crippen LogP contribution in [0.15, 0.2) is 24.3 Å². The van der Waals surface area contributed by atoms with Crippen LogP contribution in [0.4, 0.5) is 13.2 Å². The number of para-hydroxylation sites is 1. The van der Waals surface area contributed by atoms with Crippen molar-refractivity contribution in [2.24, 2.45) is 0 Å². The van der Waals surface area contributed by atoms with Gasteiger partial charge in [-0.2, -0.15) is 18.3 Å². The summed E-state index contributed by atoms with van der Waals surface area (Å²) in [5.74, 6) is -0.598. The van der Waals surface area contributed by atoms with Gasteiger partial charge in [0.1, 0.15) is 6.04 Å². The largest absolute Gasteiger partial charge is 0.408 e. The van der Waals surface area contributed by atoms with Gasteiger partial charge < -0.3 is 4.90 Å². The van der Waals surface area contributed by atoms with E-state index in [0.29, 0.717) is 6.42 Å². The van der Waals surface area contributed by atoms with E-state index < -0.39 is 18.1 Å². The average Bonchev–Trinajstić information content (AvgIpc) is 3.06. The molecule has 0 unspecified atom stereocenters. The molecule has 4 nitrogen and oxygen atoms in total. The monoisotopic (exact) mass is 349 g/mol. The summed E-state index contributed by atoms with van der Waals surface area (Å²) in [4.78, 5) is 13.6. The van der Waals surface area contributed by atoms with Crippen molar-refractivity contribution in [2.75, 3.05) is 6.54 Å². The molecule has 2 aromatic rings. The molecular weight excluding hydrogens is 331 g/mol. The zero-order chi connectivity index (χ0) is 17.8. The number of fused-ring (bicyclic) bond motifs is 1. The van der Waals surface area contributed by atoms with Gasteiger partial charge in [-0.25, -0.2) is 4.68 Å². The Kier molecular flexibility index (Phi) is 3.63. The minimum absolute atomic E-state index is 0.0318. The Labute approximate surface area is 143 Å². The number of nitrogens with zero attached hydrogens (tertiary/aromatic N) is 3. The number of rotatable bonds is 2. The number of halogens is 3. The number of aromatic nitrogens is 2. The van der Waals surface area contributed by atoms with Crippen molar-refractivity contribution in [2.45, 2.75) is 44.8 Å². The number of carbonyl (C=O) groups is 1. The first-order valence-corrected chi connectivity index (χ1v) is 8.42. The fourth-order valence-electron chi connectivity index (χ4n) is 3.72. The number of alkyl halides is 3. The van der Waals surface area contributed by atoms with E-state index in [1.807, 2.05) is 31.2 Å². The minimum Gasteiger partial charge on any atom is -0.325 e. The maximum absolute atomic E-state index is 13.0. The molecule has 132 valence electrons. The van der Waals surface area contributed by atoms with E-state index in [1.165, 1.54) is 0 Å². The Bertz CT molecular complexity index is 841. The molecule has 0 spiro atoms. The van der Waals surface area contributed by atoms with Crippen LogP contribution in [0, 0.1) is 6.92 Å². The second-order valence-corrected chi connectivity index (χ2v) is 6.67. The van der Waals surface area contributed by atoms with Crippen LogP contribution in [0.1, 0.15) is 40.2 Å². The normalized spacial score (nSPS) is 19.7. The average molecular weight is 349 g/mol. The molecule has 4 rings (SSSR count). The molecule has 1 aromatic carbocycles. The summed E-state index contributed by atoms with van der Waals surface area (Å²) in [6, 6.07) is 6.00. The molecule has 0 saturated carbocycles. The second-order valence-electron chi connectivity index (χ2n) is 6.67. The van der Waals surface area contributed by atoms with E-state index >= 15 is 0 Å². The van der Waals surface area contributed by atoms with Crippen molar-refractivity contribution in [3.8, 4) is 5.69 Å². The number of amides is 1. The van der Waals surface area contributed by atoms with E-state index in [-0.39, 0.29) is 18.7 Å². The molecule has 7 heteroatoms. The maximum Gasteiger partial charge on any atom is 0.408 e. The molecule has 25 heavy (non-hydrogen) atoms. The van der Waals surface area contributed by atoms with Gasteiger partial charge in [-0.1, -0.05) is 18.2 Å². The first kappa shape index (κ1) is 16.2. The first-order chi connectivity index (χ1) is 11.9. The Morgan fingerprint density at radius 1 is 1.24 bits per heavy atom. The summed E-state index contributed by atoms with van der Waals surface area (Å²) in [6.07, 6.45) is -2.05. The summed E-state index contributed by atoms with van der Waals surface area (Å²) >= 11 is 0. The second kappa shape index (κ2) is 5.61. The highest BCUT2D eigenvalue weighted by molar-refractivity contribution is 5.95. The minimum atomic E-state index is -4.38. The molecule has 1 saturated heterocycles. The molecular formula is C18H18F3N3O. The lowest BCUT2D eigenvalue weighted by molar-refractivity contribution is -0.199. The molecule has 0 bridgehead atoms. The predicted molar refractivity (Wildman–Crippen MR) is 85.8 cm³/mol. The molecule has 1 aliphatic heterocycles. The van der Waals surface area contributed by atoms with Crippen molar-refractivity contribution in [3.63, 3.8) is 0 Å². The van der Waals surface area contributed by atoms with Crippen molar-refractivity contribution in [1.82, 2.24) is 14.7 Å². The van der Waals surface area contributed by atoms with Gasteiger partial charge in [-0.05, 0) is 44.2 Å². The number of likely N-dealkylation sites (tertiary alicyclic amines) is 1. The third-order valence-corrected chi connectivity index (χ3v) is 5.13. The van der Waals surface area contributed by atoms with Gasteiger partial charge in [0.25, 0.3) is 5.91 Å². The van der Waals surface area contributed by atoms with Crippen LogP contribution in [-0.4, -0.2) is 39.4 Å². The Balaban J connectivity index is 1.74. The van der Waals surface area contributed by atoms with Gasteiger partial charge in [0, 0.05) is 17.8 Å². The molecule has 1 atom stereocenters. The van der Waals surface area contributed by atoms with Crippen molar-refractivity contribution in [3.05, 3.63) is 46.8 Å².